The fourth-order valence-electron chi connectivity index (χ4n) is 3.52. The number of hydrogen-bond donors (Lipinski definition) is 1. The standard InChI is InChI=1S/C18H24N2/c1-20(17-8-4-5-9-17)18(13-19)16-11-10-14-6-2-3-7-15(14)12-16/h2-3,6-7,10-12,17-18H,4-5,8-9,13,19H2,1H3. The van der Waals surface area contributed by atoms with Crippen LogP contribution in [0.15, 0.2) is 42.5 Å². The summed E-state index contributed by atoms with van der Waals surface area (Å²) in [7, 11) is 2.24. The van der Waals surface area contributed by atoms with Crippen LogP contribution in [0.1, 0.15) is 37.3 Å². The van der Waals surface area contributed by atoms with Crippen molar-refractivity contribution >= 4 is 10.8 Å². The van der Waals surface area contributed by atoms with Crippen LogP contribution in [0.3, 0.4) is 0 Å². The molecular weight excluding hydrogens is 244 g/mol. The number of benzene rings is 2. The van der Waals surface area contributed by atoms with Gasteiger partial charge in [-0.2, -0.15) is 0 Å². The van der Waals surface area contributed by atoms with Gasteiger partial charge in [0.25, 0.3) is 0 Å². The van der Waals surface area contributed by atoms with E-state index < -0.39 is 0 Å². The van der Waals surface area contributed by atoms with Gasteiger partial charge >= 0.3 is 0 Å². The number of nitrogens with two attached hydrogens (primary N) is 1. The number of nitrogens with zero attached hydrogens (tertiary/aromatic N) is 1. The number of rotatable bonds is 4. The normalized spacial score (nSPS) is 17.9. The number of likely N-dealkylation sites (N-methyl/N-ethyl adjacent to an activating group) is 1. The average Bonchev–Trinajstić information content (AvgIpc) is 3.02. The van der Waals surface area contributed by atoms with E-state index in [0.29, 0.717) is 18.6 Å². The fraction of sp³-hybridized carbons (Fsp3) is 0.444. The molecule has 0 bridgehead atoms. The van der Waals surface area contributed by atoms with E-state index in [1.807, 2.05) is 0 Å². The third-order valence-corrected chi connectivity index (χ3v) is 4.77. The van der Waals surface area contributed by atoms with E-state index in [-0.39, 0.29) is 0 Å². The van der Waals surface area contributed by atoms with Gasteiger partial charge in [-0.3, -0.25) is 4.90 Å². The largest absolute Gasteiger partial charge is 0.329 e. The molecule has 0 aliphatic heterocycles. The molecule has 0 heterocycles. The predicted molar refractivity (Wildman–Crippen MR) is 85.8 cm³/mol. The summed E-state index contributed by atoms with van der Waals surface area (Å²) in [5.41, 5.74) is 7.42. The molecule has 3 rings (SSSR count). The second-order valence-corrected chi connectivity index (χ2v) is 5.96. The smallest absolute Gasteiger partial charge is 0.0470 e. The fourth-order valence-corrected chi connectivity index (χ4v) is 3.52. The highest BCUT2D eigenvalue weighted by Crippen LogP contribution is 2.30. The summed E-state index contributed by atoms with van der Waals surface area (Å²) in [5.74, 6) is 0. The maximum atomic E-state index is 6.08. The summed E-state index contributed by atoms with van der Waals surface area (Å²) in [6.45, 7) is 0.686. The van der Waals surface area contributed by atoms with E-state index in [9.17, 15) is 0 Å². The van der Waals surface area contributed by atoms with Crippen LogP contribution in [0.2, 0.25) is 0 Å². The van der Waals surface area contributed by atoms with Crippen LogP contribution < -0.4 is 5.73 Å². The van der Waals surface area contributed by atoms with Crippen molar-refractivity contribution in [3.8, 4) is 0 Å². The molecule has 1 fully saturated rings. The Morgan fingerprint density at radius 2 is 1.80 bits per heavy atom. The van der Waals surface area contributed by atoms with Crippen LogP contribution in [0, 0.1) is 0 Å². The molecule has 106 valence electrons. The number of fused-ring (bicyclic) bond motifs is 1. The first-order valence-electron chi connectivity index (χ1n) is 7.70. The zero-order valence-corrected chi connectivity index (χ0v) is 12.3. The van der Waals surface area contributed by atoms with Crippen molar-refractivity contribution < 1.29 is 0 Å². The van der Waals surface area contributed by atoms with Gasteiger partial charge in [-0.1, -0.05) is 49.2 Å². The third kappa shape index (κ3) is 2.58. The summed E-state index contributed by atoms with van der Waals surface area (Å²) >= 11 is 0. The Kier molecular flexibility index (Phi) is 4.04. The van der Waals surface area contributed by atoms with Crippen molar-refractivity contribution in [1.29, 1.82) is 0 Å². The first-order valence-corrected chi connectivity index (χ1v) is 7.70. The minimum atomic E-state index is 0.336. The second kappa shape index (κ2) is 5.94. The molecule has 2 heteroatoms. The van der Waals surface area contributed by atoms with Crippen molar-refractivity contribution in [1.82, 2.24) is 4.90 Å². The Morgan fingerprint density at radius 1 is 1.10 bits per heavy atom. The van der Waals surface area contributed by atoms with Gasteiger partial charge in [0, 0.05) is 18.6 Å². The summed E-state index contributed by atoms with van der Waals surface area (Å²) in [6, 6.07) is 16.3. The van der Waals surface area contributed by atoms with Crippen LogP contribution >= 0.6 is 0 Å². The maximum absolute atomic E-state index is 6.08. The molecule has 0 spiro atoms. The van der Waals surface area contributed by atoms with Gasteiger partial charge in [0.2, 0.25) is 0 Å². The summed E-state index contributed by atoms with van der Waals surface area (Å²) in [6.07, 6.45) is 5.37. The highest BCUT2D eigenvalue weighted by Gasteiger charge is 2.25. The molecule has 2 aromatic carbocycles. The molecule has 0 amide bonds. The molecule has 20 heavy (non-hydrogen) atoms. The molecule has 1 aliphatic rings. The molecule has 0 saturated heterocycles. The van der Waals surface area contributed by atoms with Crippen LogP contribution in [0.5, 0.6) is 0 Å². The lowest BCUT2D eigenvalue weighted by Crippen LogP contribution is -2.37. The molecule has 2 aromatic rings. The van der Waals surface area contributed by atoms with Crippen LogP contribution in [0.25, 0.3) is 10.8 Å². The van der Waals surface area contributed by atoms with E-state index in [1.54, 1.807) is 0 Å². The monoisotopic (exact) mass is 268 g/mol. The Balaban J connectivity index is 1.89. The van der Waals surface area contributed by atoms with Gasteiger partial charge in [-0.05, 0) is 42.3 Å². The molecule has 0 radical (unpaired) electrons. The Bertz CT molecular complexity index is 572. The van der Waals surface area contributed by atoms with Gasteiger partial charge < -0.3 is 5.73 Å². The first-order chi connectivity index (χ1) is 9.79. The van der Waals surface area contributed by atoms with Crippen molar-refractivity contribution in [2.45, 2.75) is 37.8 Å². The molecule has 1 unspecified atom stereocenters. The summed E-state index contributed by atoms with van der Waals surface area (Å²) < 4.78 is 0. The van der Waals surface area contributed by atoms with E-state index >= 15 is 0 Å². The Morgan fingerprint density at radius 3 is 2.50 bits per heavy atom. The summed E-state index contributed by atoms with van der Waals surface area (Å²) in [5, 5.41) is 2.61. The molecular formula is C18H24N2. The highest BCUT2D eigenvalue weighted by atomic mass is 15.2. The van der Waals surface area contributed by atoms with Gasteiger partial charge in [0.1, 0.15) is 0 Å². The van der Waals surface area contributed by atoms with Crippen molar-refractivity contribution in [3.63, 3.8) is 0 Å². The van der Waals surface area contributed by atoms with Gasteiger partial charge in [0.15, 0.2) is 0 Å². The van der Waals surface area contributed by atoms with E-state index in [2.05, 4.69) is 54.4 Å². The van der Waals surface area contributed by atoms with Crippen molar-refractivity contribution in [2.75, 3.05) is 13.6 Å². The topological polar surface area (TPSA) is 29.3 Å². The molecule has 1 aliphatic carbocycles. The van der Waals surface area contributed by atoms with E-state index in [1.165, 1.54) is 42.0 Å². The molecule has 2 N–H and O–H groups in total. The average molecular weight is 268 g/mol. The second-order valence-electron chi connectivity index (χ2n) is 5.96. The lowest BCUT2D eigenvalue weighted by atomic mass is 9.99. The highest BCUT2D eigenvalue weighted by molar-refractivity contribution is 5.83. The van der Waals surface area contributed by atoms with E-state index in [0.717, 1.165) is 0 Å². The first kappa shape index (κ1) is 13.6. The lowest BCUT2D eigenvalue weighted by Gasteiger charge is -2.32. The van der Waals surface area contributed by atoms with Gasteiger partial charge in [-0.15, -0.1) is 0 Å². The molecule has 0 aromatic heterocycles. The van der Waals surface area contributed by atoms with Crippen LogP contribution in [-0.4, -0.2) is 24.5 Å². The Hall–Kier alpha value is -1.38. The van der Waals surface area contributed by atoms with Crippen molar-refractivity contribution in [3.05, 3.63) is 48.0 Å². The molecule has 2 nitrogen and oxygen atoms in total. The molecule has 1 saturated carbocycles. The molecule has 1 atom stereocenters. The Labute approximate surface area is 121 Å². The van der Waals surface area contributed by atoms with Gasteiger partial charge in [0.05, 0.1) is 0 Å². The zero-order chi connectivity index (χ0) is 13.9. The van der Waals surface area contributed by atoms with Crippen molar-refractivity contribution in [2.24, 2.45) is 5.73 Å². The predicted octanol–water partition coefficient (Wildman–Crippen LogP) is 3.71. The number of hydrogen-bond acceptors (Lipinski definition) is 2. The quantitative estimate of drug-likeness (QED) is 0.916. The minimum Gasteiger partial charge on any atom is -0.329 e. The SMILES string of the molecule is CN(C1CCCC1)C(CN)c1ccc2ccccc2c1. The van der Waals surface area contributed by atoms with Crippen LogP contribution in [0.4, 0.5) is 0 Å². The third-order valence-electron chi connectivity index (χ3n) is 4.77. The maximum Gasteiger partial charge on any atom is 0.0470 e. The zero-order valence-electron chi connectivity index (χ0n) is 12.3. The summed E-state index contributed by atoms with van der Waals surface area (Å²) in [4.78, 5) is 2.50. The van der Waals surface area contributed by atoms with Gasteiger partial charge in [-0.25, -0.2) is 0 Å². The van der Waals surface area contributed by atoms with E-state index in [4.69, 9.17) is 5.73 Å². The van der Waals surface area contributed by atoms with Crippen LogP contribution in [-0.2, 0) is 0 Å². The lowest BCUT2D eigenvalue weighted by molar-refractivity contribution is 0.179. The minimum absolute atomic E-state index is 0.336.